The fraction of sp³-hybridized carbons (Fsp3) is 0.550. The van der Waals surface area contributed by atoms with Gasteiger partial charge in [0.15, 0.2) is 0 Å². The molecule has 2 N–H and O–H groups in total. The maximum atomic E-state index is 13.6. The number of amides is 3. The van der Waals surface area contributed by atoms with Crippen LogP contribution in [0.4, 0.5) is 8.78 Å². The summed E-state index contributed by atoms with van der Waals surface area (Å²) in [4.78, 5) is 40.2. The summed E-state index contributed by atoms with van der Waals surface area (Å²) in [7, 11) is 0. The average Bonchev–Trinajstić information content (AvgIpc) is 3.51. The molecule has 0 bridgehead atoms. The molecular weight excluding hydrogens is 382 g/mol. The maximum absolute atomic E-state index is 13.6. The minimum atomic E-state index is -0.940. The standard InChI is InChI=1S/C20H26F2N4O3/c1-13(19(28)24-15-3-4-15)25-8-10-26(11-9-25)18(27)6-7-23-20(29)16-5-2-14(21)12-17(16)22/h2,5,12-13,15H,3-4,6-11H2,1H3,(H,23,29)(H,24,28). The van der Waals surface area contributed by atoms with E-state index in [4.69, 9.17) is 0 Å². The predicted octanol–water partition coefficient (Wildman–Crippen LogP) is 0.896. The minimum Gasteiger partial charge on any atom is -0.352 e. The summed E-state index contributed by atoms with van der Waals surface area (Å²) in [5.74, 6) is -2.46. The van der Waals surface area contributed by atoms with Crippen LogP contribution in [-0.2, 0) is 9.59 Å². The number of nitrogens with zero attached hydrogens (tertiary/aromatic N) is 2. The number of carbonyl (C=O) groups excluding carboxylic acids is 3. The molecule has 0 radical (unpaired) electrons. The number of benzene rings is 1. The lowest BCUT2D eigenvalue weighted by Gasteiger charge is -2.37. The zero-order chi connectivity index (χ0) is 21.0. The molecule has 2 aliphatic rings. The SMILES string of the molecule is CC(C(=O)NC1CC1)N1CCN(C(=O)CCNC(=O)c2ccc(F)cc2F)CC1. The number of rotatable bonds is 7. The van der Waals surface area contributed by atoms with Crippen LogP contribution in [0.3, 0.4) is 0 Å². The van der Waals surface area contributed by atoms with Crippen molar-refractivity contribution in [3.05, 3.63) is 35.4 Å². The van der Waals surface area contributed by atoms with Gasteiger partial charge in [-0.05, 0) is 31.9 Å². The highest BCUT2D eigenvalue weighted by Gasteiger charge is 2.30. The van der Waals surface area contributed by atoms with Crippen LogP contribution >= 0.6 is 0 Å². The van der Waals surface area contributed by atoms with Crippen molar-refractivity contribution in [1.82, 2.24) is 20.4 Å². The summed E-state index contributed by atoms with van der Waals surface area (Å²) < 4.78 is 26.5. The van der Waals surface area contributed by atoms with Gasteiger partial charge in [0, 0.05) is 51.3 Å². The highest BCUT2D eigenvalue weighted by atomic mass is 19.1. The molecule has 0 aromatic heterocycles. The lowest BCUT2D eigenvalue weighted by atomic mass is 10.2. The molecule has 1 saturated heterocycles. The Hall–Kier alpha value is -2.55. The zero-order valence-electron chi connectivity index (χ0n) is 16.4. The van der Waals surface area contributed by atoms with Gasteiger partial charge in [0.1, 0.15) is 11.6 Å². The summed E-state index contributed by atoms with van der Waals surface area (Å²) in [6.07, 6.45) is 2.18. The van der Waals surface area contributed by atoms with E-state index in [9.17, 15) is 23.2 Å². The quantitative estimate of drug-likeness (QED) is 0.702. The third-order valence-electron chi connectivity index (χ3n) is 5.32. The Bertz CT molecular complexity index is 777. The van der Waals surface area contributed by atoms with Crippen molar-refractivity contribution >= 4 is 17.7 Å². The lowest BCUT2D eigenvalue weighted by molar-refractivity contribution is -0.134. The maximum Gasteiger partial charge on any atom is 0.254 e. The van der Waals surface area contributed by atoms with Gasteiger partial charge in [-0.1, -0.05) is 0 Å². The highest BCUT2D eigenvalue weighted by molar-refractivity contribution is 5.94. The molecule has 1 unspecified atom stereocenters. The first-order valence-electron chi connectivity index (χ1n) is 9.90. The first-order chi connectivity index (χ1) is 13.8. The summed E-state index contributed by atoms with van der Waals surface area (Å²) in [5, 5.41) is 5.48. The Morgan fingerprint density at radius 2 is 1.83 bits per heavy atom. The van der Waals surface area contributed by atoms with E-state index in [1.54, 1.807) is 4.90 Å². The van der Waals surface area contributed by atoms with Crippen LogP contribution in [0.5, 0.6) is 0 Å². The molecule has 1 heterocycles. The molecular formula is C20H26F2N4O3. The van der Waals surface area contributed by atoms with E-state index in [0.717, 1.165) is 25.0 Å². The number of nitrogens with one attached hydrogen (secondary N) is 2. The second-order valence-corrected chi connectivity index (χ2v) is 7.51. The number of hydrogen-bond donors (Lipinski definition) is 2. The summed E-state index contributed by atoms with van der Waals surface area (Å²) in [6.45, 7) is 4.19. The van der Waals surface area contributed by atoms with Crippen molar-refractivity contribution in [2.45, 2.75) is 38.3 Å². The Morgan fingerprint density at radius 1 is 1.14 bits per heavy atom. The predicted molar refractivity (Wildman–Crippen MR) is 102 cm³/mol. The van der Waals surface area contributed by atoms with Crippen LogP contribution < -0.4 is 10.6 Å². The van der Waals surface area contributed by atoms with E-state index in [0.29, 0.717) is 38.3 Å². The van der Waals surface area contributed by atoms with E-state index in [2.05, 4.69) is 15.5 Å². The Morgan fingerprint density at radius 3 is 2.45 bits per heavy atom. The molecule has 29 heavy (non-hydrogen) atoms. The normalized spacial score (nSPS) is 18.2. The van der Waals surface area contributed by atoms with Gasteiger partial charge in [-0.2, -0.15) is 0 Å². The number of halogens is 2. The van der Waals surface area contributed by atoms with Gasteiger partial charge >= 0.3 is 0 Å². The molecule has 1 saturated carbocycles. The highest BCUT2D eigenvalue weighted by Crippen LogP contribution is 2.19. The molecule has 1 aromatic carbocycles. The van der Waals surface area contributed by atoms with Crippen LogP contribution in [0.2, 0.25) is 0 Å². The van der Waals surface area contributed by atoms with Gasteiger partial charge in [-0.15, -0.1) is 0 Å². The number of carbonyl (C=O) groups is 3. The second kappa shape index (κ2) is 9.30. The van der Waals surface area contributed by atoms with Crippen LogP contribution in [0.25, 0.3) is 0 Å². The fourth-order valence-corrected chi connectivity index (χ4v) is 3.28. The van der Waals surface area contributed by atoms with Crippen LogP contribution in [-0.4, -0.2) is 72.3 Å². The fourth-order valence-electron chi connectivity index (χ4n) is 3.28. The third-order valence-corrected chi connectivity index (χ3v) is 5.32. The van der Waals surface area contributed by atoms with E-state index in [1.165, 1.54) is 0 Å². The topological polar surface area (TPSA) is 81.8 Å². The van der Waals surface area contributed by atoms with E-state index in [-0.39, 0.29) is 36.4 Å². The number of piperazine rings is 1. The average molecular weight is 408 g/mol. The molecule has 1 aliphatic heterocycles. The van der Waals surface area contributed by atoms with Gasteiger partial charge in [0.25, 0.3) is 5.91 Å². The Labute approximate surface area is 168 Å². The molecule has 3 amide bonds. The molecule has 158 valence electrons. The minimum absolute atomic E-state index is 0.0306. The van der Waals surface area contributed by atoms with E-state index < -0.39 is 17.5 Å². The molecule has 9 heteroatoms. The van der Waals surface area contributed by atoms with Crippen molar-refractivity contribution in [3.63, 3.8) is 0 Å². The number of hydrogen-bond acceptors (Lipinski definition) is 4. The van der Waals surface area contributed by atoms with Crippen LogP contribution in [0.1, 0.15) is 36.5 Å². The molecule has 0 spiro atoms. The van der Waals surface area contributed by atoms with Crippen molar-refractivity contribution < 1.29 is 23.2 Å². The van der Waals surface area contributed by atoms with Gasteiger partial charge in [0.05, 0.1) is 11.6 Å². The smallest absolute Gasteiger partial charge is 0.254 e. The van der Waals surface area contributed by atoms with Gasteiger partial charge in [0.2, 0.25) is 11.8 Å². The molecule has 2 fully saturated rings. The lowest BCUT2D eigenvalue weighted by Crippen LogP contribution is -2.55. The molecule has 1 aromatic rings. The Kier molecular flexibility index (Phi) is 6.79. The third kappa shape index (κ3) is 5.72. The van der Waals surface area contributed by atoms with Crippen molar-refractivity contribution in [3.8, 4) is 0 Å². The summed E-state index contributed by atoms with van der Waals surface area (Å²) in [5.41, 5.74) is -0.258. The molecule has 1 aliphatic carbocycles. The first kappa shape index (κ1) is 21.2. The molecule has 1 atom stereocenters. The van der Waals surface area contributed by atoms with Crippen molar-refractivity contribution in [2.75, 3.05) is 32.7 Å². The van der Waals surface area contributed by atoms with Crippen LogP contribution in [0, 0.1) is 11.6 Å². The molecule has 7 nitrogen and oxygen atoms in total. The summed E-state index contributed by atoms with van der Waals surface area (Å²) >= 11 is 0. The molecule has 3 rings (SSSR count). The first-order valence-corrected chi connectivity index (χ1v) is 9.90. The van der Waals surface area contributed by atoms with E-state index in [1.807, 2.05) is 6.92 Å². The van der Waals surface area contributed by atoms with Crippen LogP contribution in [0.15, 0.2) is 18.2 Å². The van der Waals surface area contributed by atoms with Crippen molar-refractivity contribution in [2.24, 2.45) is 0 Å². The second-order valence-electron chi connectivity index (χ2n) is 7.51. The Balaban J connectivity index is 1.38. The van der Waals surface area contributed by atoms with Gasteiger partial charge < -0.3 is 15.5 Å². The van der Waals surface area contributed by atoms with Gasteiger partial charge in [-0.25, -0.2) is 8.78 Å². The zero-order valence-corrected chi connectivity index (χ0v) is 16.4. The summed E-state index contributed by atoms with van der Waals surface area (Å²) in [6, 6.07) is 2.82. The van der Waals surface area contributed by atoms with E-state index >= 15 is 0 Å². The van der Waals surface area contributed by atoms with Crippen molar-refractivity contribution in [1.29, 1.82) is 0 Å². The van der Waals surface area contributed by atoms with Gasteiger partial charge in [-0.3, -0.25) is 19.3 Å². The largest absolute Gasteiger partial charge is 0.352 e. The monoisotopic (exact) mass is 408 g/mol.